The molecule has 3 rings (SSSR count). The van der Waals surface area contributed by atoms with Crippen LogP contribution in [0.5, 0.6) is 5.75 Å². The van der Waals surface area contributed by atoms with E-state index in [1.165, 1.54) is 18.5 Å². The van der Waals surface area contributed by atoms with E-state index >= 15 is 0 Å². The molecule has 1 atom stereocenters. The number of nitrogen functional groups attached to an aromatic ring is 1. The maximum atomic E-state index is 12.2. The van der Waals surface area contributed by atoms with E-state index in [-0.39, 0.29) is 23.2 Å². The minimum Gasteiger partial charge on any atom is -0.488 e. The molecule has 1 aromatic carbocycles. The molecule has 0 amide bonds. The van der Waals surface area contributed by atoms with Crippen molar-refractivity contribution >= 4 is 15.7 Å². The van der Waals surface area contributed by atoms with Crippen LogP contribution in [0.4, 0.5) is 5.69 Å². The zero-order chi connectivity index (χ0) is 14.9. The highest BCUT2D eigenvalue weighted by Gasteiger charge is 2.25. The Balaban J connectivity index is 1.68. The van der Waals surface area contributed by atoms with Crippen molar-refractivity contribution in [3.05, 3.63) is 48.3 Å². The van der Waals surface area contributed by atoms with Crippen LogP contribution in [0.3, 0.4) is 0 Å². The van der Waals surface area contributed by atoms with Gasteiger partial charge in [-0.3, -0.25) is 4.98 Å². The molecule has 0 bridgehead atoms. The summed E-state index contributed by atoms with van der Waals surface area (Å²) < 4.78 is 32.6. The monoisotopic (exact) mass is 305 g/mol. The lowest BCUT2D eigenvalue weighted by molar-refractivity contribution is 0.236. The first-order valence-electron chi connectivity index (χ1n) is 6.50. The van der Waals surface area contributed by atoms with Gasteiger partial charge in [-0.15, -0.1) is 0 Å². The first kappa shape index (κ1) is 13.8. The second-order valence-electron chi connectivity index (χ2n) is 4.82. The fraction of sp³-hybridized carbons (Fsp3) is 0.214. The lowest BCUT2D eigenvalue weighted by Gasteiger charge is -2.13. The summed E-state index contributed by atoms with van der Waals surface area (Å²) >= 11 is 0. The molecule has 0 spiro atoms. The summed E-state index contributed by atoms with van der Waals surface area (Å²) in [6.45, 7) is 0.186. The van der Waals surface area contributed by atoms with E-state index < -0.39 is 10.0 Å². The van der Waals surface area contributed by atoms with E-state index in [4.69, 9.17) is 10.5 Å². The van der Waals surface area contributed by atoms with Crippen molar-refractivity contribution < 1.29 is 13.2 Å². The summed E-state index contributed by atoms with van der Waals surface area (Å²) in [4.78, 5) is 3.78. The van der Waals surface area contributed by atoms with Gasteiger partial charge in [-0.25, -0.2) is 13.1 Å². The summed E-state index contributed by atoms with van der Waals surface area (Å²) in [5, 5.41) is 0. The number of nitrogens with zero attached hydrogens (tertiary/aromatic N) is 1. The van der Waals surface area contributed by atoms with Crippen molar-refractivity contribution in [3.63, 3.8) is 0 Å². The van der Waals surface area contributed by atoms with Crippen LogP contribution in [0.25, 0.3) is 0 Å². The Labute approximate surface area is 123 Å². The first-order chi connectivity index (χ1) is 10.1. The second kappa shape index (κ2) is 5.34. The number of nitrogens with two attached hydrogens (primary N) is 1. The molecule has 7 heteroatoms. The quantitative estimate of drug-likeness (QED) is 0.877. The first-order valence-corrected chi connectivity index (χ1v) is 7.98. The normalized spacial score (nSPS) is 17.2. The fourth-order valence-electron chi connectivity index (χ4n) is 2.26. The van der Waals surface area contributed by atoms with Gasteiger partial charge in [0.25, 0.3) is 0 Å². The molecule has 0 radical (unpaired) electrons. The summed E-state index contributed by atoms with van der Waals surface area (Å²) in [5.74, 6) is 0.808. The molecule has 3 N–H and O–H groups in total. The van der Waals surface area contributed by atoms with Crippen molar-refractivity contribution in [2.24, 2.45) is 0 Å². The molecule has 21 heavy (non-hydrogen) atoms. The Morgan fingerprint density at radius 3 is 2.90 bits per heavy atom. The Hall–Kier alpha value is -2.12. The number of benzene rings is 1. The van der Waals surface area contributed by atoms with E-state index in [0.29, 0.717) is 6.42 Å². The Morgan fingerprint density at radius 1 is 1.33 bits per heavy atom. The molecule has 0 aliphatic carbocycles. The highest BCUT2D eigenvalue weighted by Crippen LogP contribution is 2.28. The van der Waals surface area contributed by atoms with E-state index in [9.17, 15) is 8.42 Å². The molecule has 1 aliphatic heterocycles. The average Bonchev–Trinajstić information content (AvgIpc) is 2.88. The zero-order valence-corrected chi connectivity index (χ0v) is 12.0. The van der Waals surface area contributed by atoms with Crippen molar-refractivity contribution in [2.75, 3.05) is 12.3 Å². The van der Waals surface area contributed by atoms with Crippen LogP contribution in [0.1, 0.15) is 5.56 Å². The number of para-hydroxylation sites is 1. The minimum absolute atomic E-state index is 0.0134. The van der Waals surface area contributed by atoms with E-state index in [0.717, 1.165) is 11.3 Å². The van der Waals surface area contributed by atoms with Crippen molar-refractivity contribution in [3.8, 4) is 5.75 Å². The number of fused-ring (bicyclic) bond motifs is 1. The summed E-state index contributed by atoms with van der Waals surface area (Å²) in [6.07, 6.45) is 3.16. The van der Waals surface area contributed by atoms with Gasteiger partial charge in [0.05, 0.1) is 5.69 Å². The topological polar surface area (TPSA) is 94.3 Å². The number of hydrogen-bond acceptors (Lipinski definition) is 5. The molecule has 0 fully saturated rings. The molecule has 1 aliphatic rings. The predicted molar refractivity (Wildman–Crippen MR) is 78.4 cm³/mol. The molecular weight excluding hydrogens is 290 g/mol. The number of aromatic nitrogens is 1. The average molecular weight is 305 g/mol. The van der Waals surface area contributed by atoms with Crippen LogP contribution >= 0.6 is 0 Å². The molecule has 2 heterocycles. The van der Waals surface area contributed by atoms with E-state index in [1.54, 1.807) is 0 Å². The smallest absolute Gasteiger partial charge is 0.244 e. The van der Waals surface area contributed by atoms with Crippen LogP contribution in [-0.4, -0.2) is 26.1 Å². The van der Waals surface area contributed by atoms with Crippen LogP contribution in [0.2, 0.25) is 0 Å². The molecule has 0 saturated carbocycles. The predicted octanol–water partition coefficient (Wildman–Crippen LogP) is 0.946. The highest BCUT2D eigenvalue weighted by molar-refractivity contribution is 7.89. The lowest BCUT2D eigenvalue weighted by atomic mass is 10.1. The third-order valence-electron chi connectivity index (χ3n) is 3.32. The molecule has 1 unspecified atom stereocenters. The van der Waals surface area contributed by atoms with Crippen LogP contribution in [-0.2, 0) is 16.4 Å². The van der Waals surface area contributed by atoms with Crippen LogP contribution in [0, 0.1) is 0 Å². The van der Waals surface area contributed by atoms with Gasteiger partial charge in [-0.2, -0.15) is 0 Å². The molecule has 2 aromatic rings. The largest absolute Gasteiger partial charge is 0.488 e. The maximum absolute atomic E-state index is 12.2. The Bertz CT molecular complexity index is 737. The summed E-state index contributed by atoms with van der Waals surface area (Å²) in [5.41, 5.74) is 6.93. The second-order valence-corrected chi connectivity index (χ2v) is 6.55. The van der Waals surface area contributed by atoms with Gasteiger partial charge >= 0.3 is 0 Å². The number of rotatable bonds is 4. The summed E-state index contributed by atoms with van der Waals surface area (Å²) in [6, 6.07) is 9.13. The standard InChI is InChI=1S/C14H15N3O3S/c15-12-5-6-16-9-14(12)21(18,19)17-8-11-7-10-3-1-2-4-13(10)20-11/h1-6,9,11,17H,7-8H2,(H2,15,16). The maximum Gasteiger partial charge on any atom is 0.244 e. The molecule has 110 valence electrons. The molecule has 0 saturated heterocycles. The summed E-state index contributed by atoms with van der Waals surface area (Å²) in [7, 11) is -3.68. The van der Waals surface area contributed by atoms with Crippen molar-refractivity contribution in [1.29, 1.82) is 0 Å². The van der Waals surface area contributed by atoms with Gasteiger partial charge in [-0.05, 0) is 17.7 Å². The van der Waals surface area contributed by atoms with Crippen molar-refractivity contribution in [2.45, 2.75) is 17.4 Å². The van der Waals surface area contributed by atoms with Gasteiger partial charge in [0, 0.05) is 25.4 Å². The lowest BCUT2D eigenvalue weighted by Crippen LogP contribution is -2.34. The SMILES string of the molecule is Nc1ccncc1S(=O)(=O)NCC1Cc2ccccc2O1. The zero-order valence-electron chi connectivity index (χ0n) is 11.2. The number of sulfonamides is 1. The molecule has 1 aromatic heterocycles. The number of pyridine rings is 1. The van der Waals surface area contributed by atoms with E-state index in [2.05, 4.69) is 9.71 Å². The Morgan fingerprint density at radius 2 is 2.14 bits per heavy atom. The molecular formula is C14H15N3O3S. The minimum atomic E-state index is -3.68. The van der Waals surface area contributed by atoms with Gasteiger partial charge in [0.1, 0.15) is 16.7 Å². The van der Waals surface area contributed by atoms with E-state index in [1.807, 2.05) is 24.3 Å². The Kier molecular flexibility index (Phi) is 3.52. The number of nitrogens with one attached hydrogen (secondary N) is 1. The van der Waals surface area contributed by atoms with Crippen molar-refractivity contribution in [1.82, 2.24) is 9.71 Å². The van der Waals surface area contributed by atoms with Crippen LogP contribution < -0.4 is 15.2 Å². The van der Waals surface area contributed by atoms with Gasteiger partial charge in [0.2, 0.25) is 10.0 Å². The third kappa shape index (κ3) is 2.84. The van der Waals surface area contributed by atoms with Gasteiger partial charge in [0.15, 0.2) is 0 Å². The van der Waals surface area contributed by atoms with Gasteiger partial charge < -0.3 is 10.5 Å². The van der Waals surface area contributed by atoms with Crippen LogP contribution in [0.15, 0.2) is 47.6 Å². The number of anilines is 1. The number of ether oxygens (including phenoxy) is 1. The number of hydrogen-bond donors (Lipinski definition) is 2. The molecule has 6 nitrogen and oxygen atoms in total. The highest BCUT2D eigenvalue weighted by atomic mass is 32.2. The third-order valence-corrected chi connectivity index (χ3v) is 4.79. The van der Waals surface area contributed by atoms with Gasteiger partial charge in [-0.1, -0.05) is 18.2 Å². The fourth-order valence-corrected chi connectivity index (χ4v) is 3.40.